The van der Waals surface area contributed by atoms with Crippen LogP contribution in [0.4, 0.5) is 0 Å². The second-order valence-corrected chi connectivity index (χ2v) is 4.46. The molecule has 94 valence electrons. The van der Waals surface area contributed by atoms with Gasteiger partial charge < -0.3 is 19.9 Å². The third-order valence-electron chi connectivity index (χ3n) is 2.13. The van der Waals surface area contributed by atoms with Gasteiger partial charge in [0.1, 0.15) is 6.61 Å². The molecule has 0 fully saturated rings. The van der Waals surface area contributed by atoms with Gasteiger partial charge in [-0.2, -0.15) is 0 Å². The Kier molecular flexibility index (Phi) is 5.31. The first-order valence-corrected chi connectivity index (χ1v) is 5.82. The highest BCUT2D eigenvalue weighted by molar-refractivity contribution is 9.11. The number of rotatable bonds is 6. The fourth-order valence-corrected chi connectivity index (χ4v) is 1.46. The lowest BCUT2D eigenvalue weighted by atomic mass is 10.2. The Morgan fingerprint density at radius 1 is 1.29 bits per heavy atom. The number of ether oxygens (including phenoxy) is 3. The first-order valence-electron chi connectivity index (χ1n) is 5.03. The van der Waals surface area contributed by atoms with Crippen molar-refractivity contribution in [2.45, 2.75) is 6.54 Å². The fraction of sp³-hybridized carbons (Fsp3) is 0.333. The quantitative estimate of drug-likeness (QED) is 0.877. The molecule has 0 aromatic heterocycles. The van der Waals surface area contributed by atoms with Gasteiger partial charge in [-0.15, -0.1) is 0 Å². The lowest BCUT2D eigenvalue weighted by Gasteiger charge is -2.15. The van der Waals surface area contributed by atoms with Crippen LogP contribution in [0.2, 0.25) is 0 Å². The molecule has 5 heteroatoms. The third kappa shape index (κ3) is 3.64. The first kappa shape index (κ1) is 13.9. The molecule has 0 spiro atoms. The molecule has 1 aromatic carbocycles. The summed E-state index contributed by atoms with van der Waals surface area (Å²) < 4.78 is 16.8. The molecule has 2 N–H and O–H groups in total. The van der Waals surface area contributed by atoms with Crippen molar-refractivity contribution in [3.05, 3.63) is 28.8 Å². The van der Waals surface area contributed by atoms with Gasteiger partial charge in [0.15, 0.2) is 11.5 Å². The summed E-state index contributed by atoms with van der Waals surface area (Å²) in [6.07, 6.45) is 0. The van der Waals surface area contributed by atoms with Crippen LogP contribution in [0, 0.1) is 0 Å². The van der Waals surface area contributed by atoms with Crippen molar-refractivity contribution >= 4 is 15.9 Å². The SMILES string of the molecule is C=C(Br)COc1c(OC)cc(CN)cc1OC. The number of hydrogen-bond acceptors (Lipinski definition) is 4. The summed E-state index contributed by atoms with van der Waals surface area (Å²) in [4.78, 5) is 0. The molecule has 1 rings (SSSR count). The van der Waals surface area contributed by atoms with E-state index in [0.717, 1.165) is 10.0 Å². The van der Waals surface area contributed by atoms with E-state index in [2.05, 4.69) is 22.5 Å². The summed E-state index contributed by atoms with van der Waals surface area (Å²) in [5.74, 6) is 1.74. The Morgan fingerprint density at radius 2 is 1.82 bits per heavy atom. The maximum Gasteiger partial charge on any atom is 0.203 e. The minimum absolute atomic E-state index is 0.342. The van der Waals surface area contributed by atoms with Crippen molar-refractivity contribution in [1.29, 1.82) is 0 Å². The molecule has 0 aliphatic carbocycles. The molecule has 0 bridgehead atoms. The molecule has 0 amide bonds. The summed E-state index contributed by atoms with van der Waals surface area (Å²) in [5, 5.41) is 0. The van der Waals surface area contributed by atoms with Crippen LogP contribution in [-0.4, -0.2) is 20.8 Å². The van der Waals surface area contributed by atoms with E-state index in [0.29, 0.717) is 30.4 Å². The van der Waals surface area contributed by atoms with Crippen molar-refractivity contribution in [2.75, 3.05) is 20.8 Å². The van der Waals surface area contributed by atoms with Crippen molar-refractivity contribution < 1.29 is 14.2 Å². The van der Waals surface area contributed by atoms with Crippen molar-refractivity contribution in [3.63, 3.8) is 0 Å². The van der Waals surface area contributed by atoms with Crippen LogP contribution < -0.4 is 19.9 Å². The molecular weight excluding hydrogens is 286 g/mol. The molecule has 1 aromatic rings. The Balaban J connectivity index is 3.10. The smallest absolute Gasteiger partial charge is 0.203 e. The van der Waals surface area contributed by atoms with Crippen LogP contribution in [0.5, 0.6) is 17.2 Å². The average molecular weight is 302 g/mol. The lowest BCUT2D eigenvalue weighted by molar-refractivity contribution is 0.299. The lowest BCUT2D eigenvalue weighted by Crippen LogP contribution is -2.03. The highest BCUT2D eigenvalue weighted by Crippen LogP contribution is 2.38. The summed E-state index contributed by atoms with van der Waals surface area (Å²) >= 11 is 3.23. The van der Waals surface area contributed by atoms with Crippen LogP contribution in [0.1, 0.15) is 5.56 Å². The van der Waals surface area contributed by atoms with Crippen LogP contribution in [0.3, 0.4) is 0 Å². The number of halogens is 1. The Morgan fingerprint density at radius 3 is 2.18 bits per heavy atom. The number of benzene rings is 1. The zero-order valence-corrected chi connectivity index (χ0v) is 11.5. The highest BCUT2D eigenvalue weighted by atomic mass is 79.9. The van der Waals surface area contributed by atoms with E-state index in [1.54, 1.807) is 14.2 Å². The zero-order valence-electron chi connectivity index (χ0n) is 9.96. The molecule has 0 atom stereocenters. The van der Waals surface area contributed by atoms with Gasteiger partial charge in [0.2, 0.25) is 5.75 Å². The molecule has 17 heavy (non-hydrogen) atoms. The zero-order chi connectivity index (χ0) is 12.8. The Bertz CT molecular complexity index is 382. The fourth-order valence-electron chi connectivity index (χ4n) is 1.34. The Labute approximate surface area is 109 Å². The summed E-state index contributed by atoms with van der Waals surface area (Å²) in [6.45, 7) is 4.46. The predicted molar refractivity (Wildman–Crippen MR) is 71.0 cm³/mol. The molecular formula is C12H16BrNO3. The molecule has 0 radical (unpaired) electrons. The van der Waals surface area contributed by atoms with Gasteiger partial charge in [-0.25, -0.2) is 0 Å². The second-order valence-electron chi connectivity index (χ2n) is 3.34. The van der Waals surface area contributed by atoms with Crippen LogP contribution in [0.25, 0.3) is 0 Å². The van der Waals surface area contributed by atoms with Gasteiger partial charge in [-0.05, 0) is 17.7 Å². The van der Waals surface area contributed by atoms with Gasteiger partial charge in [0, 0.05) is 11.0 Å². The maximum atomic E-state index is 5.60. The largest absolute Gasteiger partial charge is 0.493 e. The van der Waals surface area contributed by atoms with E-state index < -0.39 is 0 Å². The predicted octanol–water partition coefficient (Wildman–Crippen LogP) is 2.45. The highest BCUT2D eigenvalue weighted by Gasteiger charge is 2.13. The summed E-state index contributed by atoms with van der Waals surface area (Å²) in [5.41, 5.74) is 6.52. The molecule has 0 heterocycles. The number of hydrogen-bond donors (Lipinski definition) is 1. The second kappa shape index (κ2) is 6.51. The standard InChI is InChI=1S/C12H16BrNO3/c1-8(13)7-17-12-10(15-2)4-9(6-14)5-11(12)16-3/h4-5H,1,6-7,14H2,2-3H3. The van der Waals surface area contributed by atoms with Crippen LogP contribution >= 0.6 is 15.9 Å². The van der Waals surface area contributed by atoms with Gasteiger partial charge in [0.25, 0.3) is 0 Å². The maximum absolute atomic E-state index is 5.60. The van der Waals surface area contributed by atoms with Gasteiger partial charge in [-0.3, -0.25) is 0 Å². The minimum atomic E-state index is 0.342. The molecule has 0 saturated heterocycles. The van der Waals surface area contributed by atoms with E-state index in [1.165, 1.54) is 0 Å². The molecule has 0 unspecified atom stereocenters. The Hall–Kier alpha value is -1.20. The average Bonchev–Trinajstić information content (AvgIpc) is 2.34. The topological polar surface area (TPSA) is 53.7 Å². The normalized spacial score (nSPS) is 9.88. The van der Waals surface area contributed by atoms with E-state index >= 15 is 0 Å². The van der Waals surface area contributed by atoms with Crippen molar-refractivity contribution in [2.24, 2.45) is 5.73 Å². The molecule has 0 aliphatic heterocycles. The van der Waals surface area contributed by atoms with Crippen LogP contribution in [0.15, 0.2) is 23.2 Å². The van der Waals surface area contributed by atoms with Gasteiger partial charge in [-0.1, -0.05) is 22.5 Å². The first-order chi connectivity index (χ1) is 8.12. The monoisotopic (exact) mass is 301 g/mol. The van der Waals surface area contributed by atoms with E-state index in [-0.39, 0.29) is 0 Å². The molecule has 0 saturated carbocycles. The summed E-state index contributed by atoms with van der Waals surface area (Å²) in [7, 11) is 3.15. The molecule has 0 aliphatic rings. The van der Waals surface area contributed by atoms with E-state index in [1.807, 2.05) is 12.1 Å². The summed E-state index contributed by atoms with van der Waals surface area (Å²) in [6, 6.07) is 3.66. The van der Waals surface area contributed by atoms with Crippen LogP contribution in [-0.2, 0) is 6.54 Å². The number of nitrogens with two attached hydrogens (primary N) is 1. The van der Waals surface area contributed by atoms with Gasteiger partial charge in [0.05, 0.1) is 14.2 Å². The van der Waals surface area contributed by atoms with Gasteiger partial charge >= 0.3 is 0 Å². The van der Waals surface area contributed by atoms with Crippen molar-refractivity contribution in [1.82, 2.24) is 0 Å². The molecule has 4 nitrogen and oxygen atoms in total. The van der Waals surface area contributed by atoms with E-state index in [9.17, 15) is 0 Å². The van der Waals surface area contributed by atoms with E-state index in [4.69, 9.17) is 19.9 Å². The number of methoxy groups -OCH3 is 2. The minimum Gasteiger partial charge on any atom is -0.493 e. The third-order valence-corrected chi connectivity index (χ3v) is 2.36. The van der Waals surface area contributed by atoms with Crippen molar-refractivity contribution in [3.8, 4) is 17.2 Å².